The van der Waals surface area contributed by atoms with Crippen LogP contribution in [0, 0.1) is 5.92 Å². The van der Waals surface area contributed by atoms with Gasteiger partial charge in [0.1, 0.15) is 0 Å². The van der Waals surface area contributed by atoms with Crippen LogP contribution in [0.4, 0.5) is 5.69 Å². The van der Waals surface area contributed by atoms with Crippen molar-refractivity contribution < 1.29 is 9.59 Å². The molecule has 1 fully saturated rings. The van der Waals surface area contributed by atoms with Gasteiger partial charge < -0.3 is 10.2 Å². The van der Waals surface area contributed by atoms with Crippen molar-refractivity contribution in [3.63, 3.8) is 0 Å². The highest BCUT2D eigenvalue weighted by Gasteiger charge is 2.34. The molecule has 0 unspecified atom stereocenters. The van der Waals surface area contributed by atoms with Crippen LogP contribution in [0.1, 0.15) is 45.1 Å². The summed E-state index contributed by atoms with van der Waals surface area (Å²) in [5.41, 5.74) is 2.20. The molecule has 1 heterocycles. The molecule has 0 saturated carbocycles. The molecular formula is C18H26N2O2. The van der Waals surface area contributed by atoms with E-state index >= 15 is 0 Å². The first kappa shape index (κ1) is 16.5. The number of anilines is 1. The van der Waals surface area contributed by atoms with Crippen molar-refractivity contribution in [3.8, 4) is 0 Å². The minimum Gasteiger partial charge on any atom is -0.356 e. The van der Waals surface area contributed by atoms with Gasteiger partial charge in [-0.1, -0.05) is 32.4 Å². The van der Waals surface area contributed by atoms with E-state index in [1.165, 1.54) is 18.4 Å². The van der Waals surface area contributed by atoms with Crippen LogP contribution in [0.3, 0.4) is 0 Å². The Morgan fingerprint density at radius 3 is 2.59 bits per heavy atom. The second kappa shape index (κ2) is 7.97. The standard InChI is InChI=1S/C18H26N2O2/c1-3-5-6-14-7-9-16(10-8-14)20-13-15(12-17(20)21)18(22)19-11-4-2/h7-10,15H,3-6,11-13H2,1-2H3,(H,19,22)/t15-/m0/s1. The van der Waals surface area contributed by atoms with Crippen LogP contribution in [-0.4, -0.2) is 24.9 Å². The Kier molecular flexibility index (Phi) is 5.99. The fraction of sp³-hybridized carbons (Fsp3) is 0.556. The number of hydrogen-bond acceptors (Lipinski definition) is 2. The summed E-state index contributed by atoms with van der Waals surface area (Å²) in [6.45, 7) is 5.37. The van der Waals surface area contributed by atoms with Gasteiger partial charge in [0.25, 0.3) is 0 Å². The number of amides is 2. The molecule has 1 N–H and O–H groups in total. The van der Waals surface area contributed by atoms with Gasteiger partial charge in [0.2, 0.25) is 11.8 Å². The van der Waals surface area contributed by atoms with E-state index in [9.17, 15) is 9.59 Å². The molecule has 4 nitrogen and oxygen atoms in total. The van der Waals surface area contributed by atoms with Crippen LogP contribution in [0.25, 0.3) is 0 Å². The van der Waals surface area contributed by atoms with Gasteiger partial charge in [-0.2, -0.15) is 0 Å². The first-order valence-electron chi connectivity index (χ1n) is 8.32. The first-order chi connectivity index (χ1) is 10.7. The lowest BCUT2D eigenvalue weighted by atomic mass is 10.1. The zero-order valence-electron chi connectivity index (χ0n) is 13.6. The Morgan fingerprint density at radius 1 is 1.23 bits per heavy atom. The number of hydrogen-bond donors (Lipinski definition) is 1. The van der Waals surface area contributed by atoms with E-state index in [0.29, 0.717) is 19.5 Å². The van der Waals surface area contributed by atoms with Crippen LogP contribution in [0.15, 0.2) is 24.3 Å². The van der Waals surface area contributed by atoms with Gasteiger partial charge in [-0.3, -0.25) is 9.59 Å². The molecule has 1 aliphatic rings. The Bertz CT molecular complexity index is 510. The fourth-order valence-electron chi connectivity index (χ4n) is 2.75. The molecule has 1 atom stereocenters. The summed E-state index contributed by atoms with van der Waals surface area (Å²) in [4.78, 5) is 25.9. The van der Waals surface area contributed by atoms with Gasteiger partial charge in [0.15, 0.2) is 0 Å². The van der Waals surface area contributed by atoms with Gasteiger partial charge in [-0.05, 0) is 37.0 Å². The molecule has 2 amide bonds. The molecule has 0 radical (unpaired) electrons. The molecule has 1 aliphatic heterocycles. The van der Waals surface area contributed by atoms with Crippen molar-refractivity contribution in [2.45, 2.75) is 46.0 Å². The van der Waals surface area contributed by atoms with E-state index in [1.807, 2.05) is 19.1 Å². The second-order valence-corrected chi connectivity index (χ2v) is 5.97. The van der Waals surface area contributed by atoms with Crippen molar-refractivity contribution in [1.29, 1.82) is 0 Å². The van der Waals surface area contributed by atoms with Gasteiger partial charge in [0.05, 0.1) is 5.92 Å². The third-order valence-corrected chi connectivity index (χ3v) is 4.11. The molecule has 0 bridgehead atoms. The number of rotatable bonds is 7. The second-order valence-electron chi connectivity index (χ2n) is 5.97. The number of carbonyl (C=O) groups excluding carboxylic acids is 2. The summed E-state index contributed by atoms with van der Waals surface area (Å²) in [7, 11) is 0. The Balaban J connectivity index is 1.97. The summed E-state index contributed by atoms with van der Waals surface area (Å²) in [5.74, 6) is -0.186. The molecular weight excluding hydrogens is 276 g/mol. The number of nitrogens with zero attached hydrogens (tertiary/aromatic N) is 1. The molecule has 1 aromatic rings. The van der Waals surface area contributed by atoms with E-state index in [0.717, 1.165) is 18.5 Å². The molecule has 0 aromatic heterocycles. The van der Waals surface area contributed by atoms with Crippen LogP contribution >= 0.6 is 0 Å². The predicted molar refractivity (Wildman–Crippen MR) is 88.8 cm³/mol. The summed E-state index contributed by atoms with van der Waals surface area (Å²) >= 11 is 0. The van der Waals surface area contributed by atoms with Crippen LogP contribution in [0.5, 0.6) is 0 Å². The highest BCUT2D eigenvalue weighted by molar-refractivity contribution is 6.00. The van der Waals surface area contributed by atoms with Crippen molar-refractivity contribution >= 4 is 17.5 Å². The molecule has 1 saturated heterocycles. The van der Waals surface area contributed by atoms with Crippen molar-refractivity contribution in [2.24, 2.45) is 5.92 Å². The third-order valence-electron chi connectivity index (χ3n) is 4.11. The van der Waals surface area contributed by atoms with Gasteiger partial charge in [0, 0.05) is 25.2 Å². The Hall–Kier alpha value is -1.84. The lowest BCUT2D eigenvalue weighted by Crippen LogP contribution is -2.33. The first-order valence-corrected chi connectivity index (χ1v) is 8.32. The van der Waals surface area contributed by atoms with Crippen molar-refractivity contribution in [1.82, 2.24) is 5.32 Å². The number of unbranched alkanes of at least 4 members (excludes halogenated alkanes) is 1. The van der Waals surface area contributed by atoms with E-state index in [-0.39, 0.29) is 17.7 Å². The maximum absolute atomic E-state index is 12.2. The SMILES string of the molecule is CCCCc1ccc(N2C[C@@H](C(=O)NCCC)CC2=O)cc1. The number of nitrogens with one attached hydrogen (secondary N) is 1. The number of carbonyl (C=O) groups is 2. The average molecular weight is 302 g/mol. The molecule has 0 aliphatic carbocycles. The van der Waals surface area contributed by atoms with E-state index in [4.69, 9.17) is 0 Å². The average Bonchev–Trinajstić information content (AvgIpc) is 2.93. The largest absolute Gasteiger partial charge is 0.356 e. The summed E-state index contributed by atoms with van der Waals surface area (Å²) in [6.07, 6.45) is 4.66. The zero-order valence-corrected chi connectivity index (χ0v) is 13.6. The monoisotopic (exact) mass is 302 g/mol. The molecule has 1 aromatic carbocycles. The van der Waals surface area contributed by atoms with Crippen LogP contribution in [-0.2, 0) is 16.0 Å². The highest BCUT2D eigenvalue weighted by Crippen LogP contribution is 2.25. The third kappa shape index (κ3) is 4.09. The maximum Gasteiger partial charge on any atom is 0.227 e. The van der Waals surface area contributed by atoms with Gasteiger partial charge in [-0.15, -0.1) is 0 Å². The lowest BCUT2D eigenvalue weighted by Gasteiger charge is -2.17. The van der Waals surface area contributed by atoms with E-state index < -0.39 is 0 Å². The van der Waals surface area contributed by atoms with Crippen LogP contribution in [0.2, 0.25) is 0 Å². The molecule has 2 rings (SSSR count). The minimum atomic E-state index is -0.223. The lowest BCUT2D eigenvalue weighted by molar-refractivity contribution is -0.126. The van der Waals surface area contributed by atoms with Crippen molar-refractivity contribution in [3.05, 3.63) is 29.8 Å². The van der Waals surface area contributed by atoms with Gasteiger partial charge >= 0.3 is 0 Å². The summed E-state index contributed by atoms with van der Waals surface area (Å²) in [5, 5.41) is 2.88. The topological polar surface area (TPSA) is 49.4 Å². The summed E-state index contributed by atoms with van der Waals surface area (Å²) < 4.78 is 0. The maximum atomic E-state index is 12.2. The van der Waals surface area contributed by atoms with E-state index in [1.54, 1.807) is 4.90 Å². The van der Waals surface area contributed by atoms with E-state index in [2.05, 4.69) is 24.4 Å². The highest BCUT2D eigenvalue weighted by atomic mass is 16.2. The summed E-state index contributed by atoms with van der Waals surface area (Å²) in [6, 6.07) is 8.16. The zero-order chi connectivity index (χ0) is 15.9. The van der Waals surface area contributed by atoms with Crippen molar-refractivity contribution in [2.75, 3.05) is 18.0 Å². The predicted octanol–water partition coefficient (Wildman–Crippen LogP) is 2.91. The number of benzene rings is 1. The smallest absolute Gasteiger partial charge is 0.227 e. The Morgan fingerprint density at radius 2 is 1.95 bits per heavy atom. The normalized spacial score (nSPS) is 17.8. The van der Waals surface area contributed by atoms with Gasteiger partial charge in [-0.25, -0.2) is 0 Å². The minimum absolute atomic E-state index is 0.00253. The van der Waals surface area contributed by atoms with Crippen LogP contribution < -0.4 is 10.2 Å². The number of aryl methyl sites for hydroxylation is 1. The molecule has 0 spiro atoms. The molecule has 120 valence electrons. The Labute approximate surface area is 132 Å². The molecule has 22 heavy (non-hydrogen) atoms. The fourth-order valence-corrected chi connectivity index (χ4v) is 2.75. The molecule has 4 heteroatoms. The quantitative estimate of drug-likeness (QED) is 0.842.